The van der Waals surface area contributed by atoms with Crippen molar-refractivity contribution in [2.45, 2.75) is 12.7 Å². The molecular formula is C14H16F3N5. The molecule has 0 amide bonds. The van der Waals surface area contributed by atoms with E-state index in [4.69, 9.17) is 11.5 Å². The average Bonchev–Trinajstić information content (AvgIpc) is 2.99. The van der Waals surface area contributed by atoms with Crippen LogP contribution in [0.4, 0.5) is 13.2 Å². The van der Waals surface area contributed by atoms with Gasteiger partial charge >= 0.3 is 6.18 Å². The standard InChI is InChI=1S/C14H16F3N5/c15-14(16,17)11-5-3-4-10(8-11)9-20-12(18)21-13(19)22-6-1-2-7-22/h1-5,8H,6-7,9H2,(H4,18,19,20,21). The van der Waals surface area contributed by atoms with E-state index in [-0.39, 0.29) is 18.5 Å². The number of guanidine groups is 2. The van der Waals surface area contributed by atoms with Gasteiger partial charge in [0.15, 0.2) is 5.96 Å². The molecule has 0 saturated carbocycles. The van der Waals surface area contributed by atoms with Crippen LogP contribution >= 0.6 is 0 Å². The molecule has 0 spiro atoms. The minimum atomic E-state index is -4.38. The summed E-state index contributed by atoms with van der Waals surface area (Å²) in [5, 5.41) is 0. The molecule has 5 nitrogen and oxygen atoms in total. The number of rotatable bonds is 2. The lowest BCUT2D eigenvalue weighted by molar-refractivity contribution is -0.137. The van der Waals surface area contributed by atoms with Crippen molar-refractivity contribution in [3.63, 3.8) is 0 Å². The molecule has 1 aromatic carbocycles. The van der Waals surface area contributed by atoms with Gasteiger partial charge in [-0.1, -0.05) is 24.3 Å². The molecule has 1 aromatic rings. The van der Waals surface area contributed by atoms with Crippen molar-refractivity contribution in [3.05, 3.63) is 47.5 Å². The second-order valence-corrected chi connectivity index (χ2v) is 4.72. The lowest BCUT2D eigenvalue weighted by atomic mass is 10.1. The Balaban J connectivity index is 2.03. The highest BCUT2D eigenvalue weighted by Gasteiger charge is 2.30. The Morgan fingerprint density at radius 3 is 2.50 bits per heavy atom. The van der Waals surface area contributed by atoms with Crippen LogP contribution in [0.15, 0.2) is 46.4 Å². The zero-order valence-corrected chi connectivity index (χ0v) is 11.7. The van der Waals surface area contributed by atoms with Gasteiger partial charge < -0.3 is 16.4 Å². The Labute approximate surface area is 125 Å². The summed E-state index contributed by atoms with van der Waals surface area (Å²) in [6.07, 6.45) is -0.493. The van der Waals surface area contributed by atoms with Gasteiger partial charge in [-0.2, -0.15) is 18.2 Å². The summed E-state index contributed by atoms with van der Waals surface area (Å²) in [6.45, 7) is 1.30. The molecule has 2 rings (SSSR count). The fourth-order valence-corrected chi connectivity index (χ4v) is 1.91. The lowest BCUT2D eigenvalue weighted by Crippen LogP contribution is -2.36. The summed E-state index contributed by atoms with van der Waals surface area (Å²) in [7, 11) is 0. The van der Waals surface area contributed by atoms with Crippen molar-refractivity contribution < 1.29 is 13.2 Å². The largest absolute Gasteiger partial charge is 0.416 e. The van der Waals surface area contributed by atoms with Gasteiger partial charge in [0, 0.05) is 13.1 Å². The van der Waals surface area contributed by atoms with Crippen LogP contribution in [-0.4, -0.2) is 29.9 Å². The lowest BCUT2D eigenvalue weighted by Gasteiger charge is -2.15. The van der Waals surface area contributed by atoms with E-state index in [2.05, 4.69) is 9.98 Å². The zero-order chi connectivity index (χ0) is 16.2. The molecule has 0 atom stereocenters. The summed E-state index contributed by atoms with van der Waals surface area (Å²) in [5.74, 6) is 0.164. The number of aliphatic imine (C=N–C) groups is 2. The minimum Gasteiger partial charge on any atom is -0.369 e. The van der Waals surface area contributed by atoms with Gasteiger partial charge in [-0.05, 0) is 17.7 Å². The number of nitrogens with zero attached hydrogens (tertiary/aromatic N) is 3. The van der Waals surface area contributed by atoms with Gasteiger partial charge in [0.2, 0.25) is 5.96 Å². The molecule has 8 heteroatoms. The van der Waals surface area contributed by atoms with Gasteiger partial charge in [-0.3, -0.25) is 0 Å². The fraction of sp³-hybridized carbons (Fsp3) is 0.286. The highest BCUT2D eigenvalue weighted by atomic mass is 19.4. The van der Waals surface area contributed by atoms with Crippen LogP contribution in [0.3, 0.4) is 0 Å². The monoisotopic (exact) mass is 311 g/mol. The maximum absolute atomic E-state index is 12.6. The second kappa shape index (κ2) is 6.50. The number of nitrogens with two attached hydrogens (primary N) is 2. The summed E-state index contributed by atoms with van der Waals surface area (Å²) in [4.78, 5) is 9.66. The Morgan fingerprint density at radius 2 is 1.86 bits per heavy atom. The second-order valence-electron chi connectivity index (χ2n) is 4.72. The smallest absolute Gasteiger partial charge is 0.369 e. The molecule has 22 heavy (non-hydrogen) atoms. The van der Waals surface area contributed by atoms with Crippen molar-refractivity contribution in [2.75, 3.05) is 13.1 Å². The normalized spacial score (nSPS) is 16.4. The number of benzene rings is 1. The Morgan fingerprint density at radius 1 is 1.18 bits per heavy atom. The van der Waals surface area contributed by atoms with Gasteiger partial charge in [-0.15, -0.1) is 0 Å². The van der Waals surface area contributed by atoms with Crippen molar-refractivity contribution in [1.29, 1.82) is 0 Å². The first-order valence-corrected chi connectivity index (χ1v) is 6.56. The third-order valence-electron chi connectivity index (χ3n) is 3.05. The summed E-state index contributed by atoms with van der Waals surface area (Å²) >= 11 is 0. The van der Waals surface area contributed by atoms with Crippen LogP contribution < -0.4 is 11.5 Å². The van der Waals surface area contributed by atoms with Crippen LogP contribution in [0.5, 0.6) is 0 Å². The van der Waals surface area contributed by atoms with E-state index in [1.54, 1.807) is 11.0 Å². The van der Waals surface area contributed by atoms with E-state index >= 15 is 0 Å². The Hall–Kier alpha value is -2.51. The predicted octanol–water partition coefficient (Wildman–Crippen LogP) is 1.71. The Kier molecular flexibility index (Phi) is 4.69. The van der Waals surface area contributed by atoms with Crippen molar-refractivity contribution in [1.82, 2.24) is 4.90 Å². The van der Waals surface area contributed by atoms with Crippen LogP contribution in [0.2, 0.25) is 0 Å². The van der Waals surface area contributed by atoms with E-state index < -0.39 is 11.7 Å². The van der Waals surface area contributed by atoms with E-state index in [9.17, 15) is 13.2 Å². The Bertz CT molecular complexity index is 611. The average molecular weight is 311 g/mol. The molecule has 0 aliphatic carbocycles. The molecule has 0 radical (unpaired) electrons. The van der Waals surface area contributed by atoms with E-state index in [0.29, 0.717) is 18.7 Å². The van der Waals surface area contributed by atoms with Crippen molar-refractivity contribution in [2.24, 2.45) is 21.5 Å². The van der Waals surface area contributed by atoms with Gasteiger partial charge in [-0.25, -0.2) is 4.99 Å². The van der Waals surface area contributed by atoms with E-state index in [1.165, 1.54) is 6.07 Å². The summed E-state index contributed by atoms with van der Waals surface area (Å²) < 4.78 is 37.8. The minimum absolute atomic E-state index is 0.00475. The van der Waals surface area contributed by atoms with Gasteiger partial charge in [0.05, 0.1) is 12.1 Å². The molecule has 118 valence electrons. The van der Waals surface area contributed by atoms with Gasteiger partial charge in [0.25, 0.3) is 0 Å². The number of hydrogen-bond acceptors (Lipinski definition) is 1. The molecule has 0 aromatic heterocycles. The first-order chi connectivity index (χ1) is 10.4. The summed E-state index contributed by atoms with van der Waals surface area (Å²) in [6, 6.07) is 4.92. The quantitative estimate of drug-likeness (QED) is 0.496. The first-order valence-electron chi connectivity index (χ1n) is 6.56. The maximum atomic E-state index is 12.6. The maximum Gasteiger partial charge on any atom is 0.416 e. The number of halogens is 3. The topological polar surface area (TPSA) is 80.0 Å². The third-order valence-corrected chi connectivity index (χ3v) is 3.05. The molecule has 0 unspecified atom stereocenters. The molecule has 4 N–H and O–H groups in total. The number of alkyl halides is 3. The highest BCUT2D eigenvalue weighted by Crippen LogP contribution is 2.29. The molecule has 0 saturated heterocycles. The first kappa shape index (κ1) is 15.9. The van der Waals surface area contributed by atoms with Crippen molar-refractivity contribution >= 4 is 11.9 Å². The predicted molar refractivity (Wildman–Crippen MR) is 79.1 cm³/mol. The molecule has 0 fully saturated rings. The molecule has 0 bridgehead atoms. The zero-order valence-electron chi connectivity index (χ0n) is 11.7. The van der Waals surface area contributed by atoms with Crippen LogP contribution in [-0.2, 0) is 12.7 Å². The SMILES string of the molecule is NC(=NCc1cccc(C(F)(F)F)c1)N=C(N)N1CC=CC1. The molecule has 1 heterocycles. The molecular weight excluding hydrogens is 295 g/mol. The van der Waals surface area contributed by atoms with E-state index in [0.717, 1.165) is 12.1 Å². The van der Waals surface area contributed by atoms with Gasteiger partial charge in [0.1, 0.15) is 0 Å². The molecule has 1 aliphatic heterocycles. The van der Waals surface area contributed by atoms with E-state index in [1.807, 2.05) is 12.2 Å². The summed E-state index contributed by atoms with van der Waals surface area (Å²) in [5.41, 5.74) is 11.1. The van der Waals surface area contributed by atoms with Crippen LogP contribution in [0, 0.1) is 0 Å². The fourth-order valence-electron chi connectivity index (χ4n) is 1.91. The third kappa shape index (κ3) is 4.24. The van der Waals surface area contributed by atoms with Crippen LogP contribution in [0.1, 0.15) is 11.1 Å². The molecule has 1 aliphatic rings. The van der Waals surface area contributed by atoms with Crippen molar-refractivity contribution in [3.8, 4) is 0 Å². The number of hydrogen-bond donors (Lipinski definition) is 2. The van der Waals surface area contributed by atoms with Crippen LogP contribution in [0.25, 0.3) is 0 Å². The highest BCUT2D eigenvalue weighted by molar-refractivity contribution is 5.93.